The monoisotopic (exact) mass is 437 g/mol. The summed E-state index contributed by atoms with van der Waals surface area (Å²) >= 11 is 1.54. The van der Waals surface area contributed by atoms with Gasteiger partial charge < -0.3 is 14.8 Å². The van der Waals surface area contributed by atoms with Gasteiger partial charge in [0.2, 0.25) is 12.7 Å². The molecule has 0 saturated heterocycles. The SMILES string of the molecule is CC(C(=O)NCc1cc(C(C)(C)C)nn1Sc1ccccc1)c1ccc2c(c1)OCO2. The maximum atomic E-state index is 12.9. The van der Waals surface area contributed by atoms with Gasteiger partial charge in [0.15, 0.2) is 11.5 Å². The average molecular weight is 438 g/mol. The van der Waals surface area contributed by atoms with Crippen molar-refractivity contribution < 1.29 is 14.3 Å². The van der Waals surface area contributed by atoms with E-state index in [1.165, 1.54) is 0 Å². The zero-order valence-corrected chi connectivity index (χ0v) is 19.0. The maximum Gasteiger partial charge on any atom is 0.231 e. The Morgan fingerprint density at radius 1 is 1.13 bits per heavy atom. The predicted octanol–water partition coefficient (Wildman–Crippen LogP) is 4.88. The molecular formula is C24H27N3O3S. The summed E-state index contributed by atoms with van der Waals surface area (Å²) in [6.07, 6.45) is 0. The van der Waals surface area contributed by atoms with Crippen LogP contribution in [0.15, 0.2) is 59.5 Å². The van der Waals surface area contributed by atoms with Gasteiger partial charge in [-0.25, -0.2) is 4.09 Å². The molecule has 0 spiro atoms. The van der Waals surface area contributed by atoms with E-state index < -0.39 is 0 Å². The molecule has 0 saturated carbocycles. The molecule has 1 amide bonds. The van der Waals surface area contributed by atoms with E-state index in [0.717, 1.165) is 21.8 Å². The quantitative estimate of drug-likeness (QED) is 0.595. The van der Waals surface area contributed by atoms with Crippen LogP contribution in [0.4, 0.5) is 0 Å². The van der Waals surface area contributed by atoms with Crippen molar-refractivity contribution in [3.8, 4) is 11.5 Å². The average Bonchev–Trinajstić information content (AvgIpc) is 3.38. The van der Waals surface area contributed by atoms with Crippen molar-refractivity contribution in [3.63, 3.8) is 0 Å². The molecule has 31 heavy (non-hydrogen) atoms. The number of nitrogens with zero attached hydrogens (tertiary/aromatic N) is 2. The summed E-state index contributed by atoms with van der Waals surface area (Å²) in [6.45, 7) is 8.92. The molecule has 6 nitrogen and oxygen atoms in total. The summed E-state index contributed by atoms with van der Waals surface area (Å²) in [6, 6.07) is 17.8. The van der Waals surface area contributed by atoms with Crippen LogP contribution in [-0.2, 0) is 16.8 Å². The Balaban J connectivity index is 1.49. The molecule has 0 bridgehead atoms. The second-order valence-corrected chi connectivity index (χ2v) is 9.60. The van der Waals surface area contributed by atoms with Gasteiger partial charge in [-0.05, 0) is 42.8 Å². The van der Waals surface area contributed by atoms with Crippen LogP contribution in [0.25, 0.3) is 0 Å². The first-order valence-electron chi connectivity index (χ1n) is 10.3. The molecule has 2 aromatic carbocycles. The second-order valence-electron chi connectivity index (χ2n) is 8.60. The normalized spacial score (nSPS) is 13.8. The topological polar surface area (TPSA) is 65.4 Å². The van der Waals surface area contributed by atoms with Gasteiger partial charge in [0.1, 0.15) is 0 Å². The summed E-state index contributed by atoms with van der Waals surface area (Å²) in [7, 11) is 0. The number of hydrogen-bond acceptors (Lipinski definition) is 5. The van der Waals surface area contributed by atoms with Crippen molar-refractivity contribution in [3.05, 3.63) is 71.5 Å². The highest BCUT2D eigenvalue weighted by atomic mass is 32.2. The fraction of sp³-hybridized carbons (Fsp3) is 0.333. The van der Waals surface area contributed by atoms with E-state index in [1.807, 2.05) is 59.5 Å². The molecular weight excluding hydrogens is 410 g/mol. The van der Waals surface area contributed by atoms with E-state index in [2.05, 4.69) is 32.2 Å². The van der Waals surface area contributed by atoms with Crippen molar-refractivity contribution >= 4 is 17.9 Å². The van der Waals surface area contributed by atoms with Crippen LogP contribution < -0.4 is 14.8 Å². The molecule has 1 atom stereocenters. The first kappa shape index (κ1) is 21.3. The van der Waals surface area contributed by atoms with Crippen LogP contribution in [0.1, 0.15) is 50.6 Å². The lowest BCUT2D eigenvalue weighted by molar-refractivity contribution is -0.122. The lowest BCUT2D eigenvalue weighted by atomic mass is 9.92. The summed E-state index contributed by atoms with van der Waals surface area (Å²) < 4.78 is 12.7. The highest BCUT2D eigenvalue weighted by molar-refractivity contribution is 7.97. The Labute approximate surface area is 187 Å². The third kappa shape index (κ3) is 4.88. The van der Waals surface area contributed by atoms with Gasteiger partial charge in [0, 0.05) is 22.3 Å². The number of carbonyl (C=O) groups excluding carboxylic acids is 1. The summed E-state index contributed by atoms with van der Waals surface area (Å²) in [5.74, 6) is 1.04. The lowest BCUT2D eigenvalue weighted by Crippen LogP contribution is -2.28. The first-order chi connectivity index (χ1) is 14.8. The zero-order chi connectivity index (χ0) is 22.0. The molecule has 1 N–H and O–H groups in total. The molecule has 0 fully saturated rings. The van der Waals surface area contributed by atoms with Crippen molar-refractivity contribution in [1.29, 1.82) is 0 Å². The van der Waals surface area contributed by atoms with Crippen molar-refractivity contribution in [1.82, 2.24) is 14.5 Å². The number of amides is 1. The van der Waals surface area contributed by atoms with Crippen LogP contribution in [0, 0.1) is 0 Å². The Hall–Kier alpha value is -2.93. The molecule has 1 aromatic heterocycles. The minimum atomic E-state index is -0.310. The molecule has 1 aliphatic rings. The van der Waals surface area contributed by atoms with E-state index in [4.69, 9.17) is 14.6 Å². The molecule has 7 heteroatoms. The molecule has 162 valence electrons. The molecule has 2 heterocycles. The predicted molar refractivity (Wildman–Crippen MR) is 121 cm³/mol. The van der Waals surface area contributed by atoms with Gasteiger partial charge in [-0.2, -0.15) is 5.10 Å². The van der Waals surface area contributed by atoms with Crippen LogP contribution in [0.3, 0.4) is 0 Å². The van der Waals surface area contributed by atoms with Gasteiger partial charge in [-0.1, -0.05) is 45.0 Å². The van der Waals surface area contributed by atoms with Gasteiger partial charge in [0.25, 0.3) is 0 Å². The molecule has 0 radical (unpaired) electrons. The fourth-order valence-electron chi connectivity index (χ4n) is 3.21. The van der Waals surface area contributed by atoms with E-state index in [1.54, 1.807) is 11.9 Å². The van der Waals surface area contributed by atoms with Crippen molar-refractivity contribution in [2.24, 2.45) is 0 Å². The van der Waals surface area contributed by atoms with E-state index in [9.17, 15) is 4.79 Å². The molecule has 3 aromatic rings. The number of ether oxygens (including phenoxy) is 2. The maximum absolute atomic E-state index is 12.9. The Morgan fingerprint density at radius 2 is 1.87 bits per heavy atom. The summed E-state index contributed by atoms with van der Waals surface area (Å²) in [4.78, 5) is 14.0. The zero-order valence-electron chi connectivity index (χ0n) is 18.2. The number of benzene rings is 2. The van der Waals surface area contributed by atoms with Crippen LogP contribution in [0.5, 0.6) is 11.5 Å². The minimum absolute atomic E-state index is 0.0476. The number of aromatic nitrogens is 2. The van der Waals surface area contributed by atoms with Gasteiger partial charge in [-0.3, -0.25) is 4.79 Å². The fourth-order valence-corrected chi connectivity index (χ4v) is 4.06. The van der Waals surface area contributed by atoms with Gasteiger partial charge in [-0.15, -0.1) is 0 Å². The third-order valence-electron chi connectivity index (χ3n) is 5.18. The molecule has 1 unspecified atom stereocenters. The number of fused-ring (bicyclic) bond motifs is 1. The number of rotatable bonds is 6. The van der Waals surface area contributed by atoms with Crippen LogP contribution in [-0.4, -0.2) is 21.9 Å². The summed E-state index contributed by atoms with van der Waals surface area (Å²) in [5, 5.41) is 7.87. The Morgan fingerprint density at radius 3 is 2.61 bits per heavy atom. The lowest BCUT2D eigenvalue weighted by Gasteiger charge is -2.14. The van der Waals surface area contributed by atoms with E-state index in [-0.39, 0.29) is 24.0 Å². The molecule has 0 aliphatic carbocycles. The molecule has 1 aliphatic heterocycles. The van der Waals surface area contributed by atoms with Crippen molar-refractivity contribution in [2.45, 2.75) is 50.5 Å². The van der Waals surface area contributed by atoms with Crippen LogP contribution in [0.2, 0.25) is 0 Å². The van der Waals surface area contributed by atoms with Gasteiger partial charge >= 0.3 is 0 Å². The highest BCUT2D eigenvalue weighted by Crippen LogP contribution is 2.34. The highest BCUT2D eigenvalue weighted by Gasteiger charge is 2.23. The minimum Gasteiger partial charge on any atom is -0.454 e. The largest absolute Gasteiger partial charge is 0.454 e. The number of carbonyl (C=O) groups is 1. The smallest absolute Gasteiger partial charge is 0.231 e. The second kappa shape index (κ2) is 8.67. The third-order valence-corrected chi connectivity index (χ3v) is 6.16. The molecule has 4 rings (SSSR count). The number of nitrogens with one attached hydrogen (secondary N) is 1. The Bertz CT molecular complexity index is 1070. The van der Waals surface area contributed by atoms with E-state index >= 15 is 0 Å². The van der Waals surface area contributed by atoms with Crippen LogP contribution >= 0.6 is 11.9 Å². The Kier molecular flexibility index (Phi) is 5.96. The standard InChI is InChI=1S/C24H27N3O3S/c1-16(17-10-11-20-21(12-17)30-15-29-20)23(28)25-14-18-13-22(24(2,3)4)26-27(18)31-19-8-6-5-7-9-19/h5-13,16H,14-15H2,1-4H3,(H,25,28). The summed E-state index contributed by atoms with van der Waals surface area (Å²) in [5.41, 5.74) is 2.75. The van der Waals surface area contributed by atoms with Crippen molar-refractivity contribution in [2.75, 3.05) is 6.79 Å². The van der Waals surface area contributed by atoms with Gasteiger partial charge in [0.05, 0.1) is 23.9 Å². The first-order valence-corrected chi connectivity index (χ1v) is 11.1. The van der Waals surface area contributed by atoms with E-state index in [0.29, 0.717) is 18.0 Å². The number of hydrogen-bond donors (Lipinski definition) is 1.